The third-order valence-corrected chi connectivity index (χ3v) is 5.43. The fourth-order valence-corrected chi connectivity index (χ4v) is 3.59. The minimum atomic E-state index is -1.58. The first-order valence-electron chi connectivity index (χ1n) is 10.1. The van der Waals surface area contributed by atoms with E-state index in [1.165, 1.54) is 13.2 Å². The molecule has 9 nitrogen and oxygen atoms in total. The topological polar surface area (TPSA) is 126 Å². The van der Waals surface area contributed by atoms with Crippen molar-refractivity contribution in [2.75, 3.05) is 13.7 Å². The fourth-order valence-electron chi connectivity index (χ4n) is 3.59. The van der Waals surface area contributed by atoms with Crippen LogP contribution in [0.15, 0.2) is 18.2 Å². The lowest BCUT2D eigenvalue weighted by atomic mass is 9.99. The van der Waals surface area contributed by atoms with Gasteiger partial charge in [-0.2, -0.15) is 0 Å². The third kappa shape index (κ3) is 4.68. The number of aliphatic hydroxyl groups excluding tert-OH is 4. The predicted octanol–water partition coefficient (Wildman–Crippen LogP) is 0.690. The van der Waals surface area contributed by atoms with E-state index in [0.717, 1.165) is 5.69 Å². The number of halogens is 1. The lowest BCUT2D eigenvalue weighted by molar-refractivity contribution is -0.278. The van der Waals surface area contributed by atoms with Gasteiger partial charge in [0.2, 0.25) is 12.2 Å². The summed E-state index contributed by atoms with van der Waals surface area (Å²) in [7, 11) is 1.46. The van der Waals surface area contributed by atoms with Gasteiger partial charge in [-0.05, 0) is 32.4 Å². The zero-order valence-electron chi connectivity index (χ0n) is 17.9. The Morgan fingerprint density at radius 2 is 1.90 bits per heavy atom. The molecule has 0 bridgehead atoms. The van der Waals surface area contributed by atoms with E-state index in [4.69, 9.17) is 14.2 Å². The summed E-state index contributed by atoms with van der Waals surface area (Å²) in [5, 5.41) is 44.1. The highest BCUT2D eigenvalue weighted by Crippen LogP contribution is 2.31. The van der Waals surface area contributed by atoms with Gasteiger partial charge >= 0.3 is 0 Å². The van der Waals surface area contributed by atoms with Crippen LogP contribution in [-0.4, -0.2) is 74.6 Å². The Labute approximate surface area is 179 Å². The van der Waals surface area contributed by atoms with E-state index in [-0.39, 0.29) is 18.3 Å². The molecule has 1 saturated heterocycles. The Morgan fingerprint density at radius 1 is 1.19 bits per heavy atom. The van der Waals surface area contributed by atoms with Crippen LogP contribution in [0, 0.1) is 12.7 Å². The standard InChI is InChI=1S/C21H29FN2O7/c1-10(2)24-11(3)14(7-12-5-6-13(29-4)8-15(12)22)20(23-24)31-21-19(28)18(27)17(26)16(9-25)30-21/h5-6,8,10,16-19,21,25-28H,7,9H2,1-4H3/t16-,17-,18+,19-,21?/m1/s1. The highest BCUT2D eigenvalue weighted by atomic mass is 19.1. The van der Waals surface area contributed by atoms with Crippen LogP contribution in [0.4, 0.5) is 4.39 Å². The highest BCUT2D eigenvalue weighted by Gasteiger charge is 2.45. The zero-order valence-corrected chi connectivity index (χ0v) is 17.9. The maximum atomic E-state index is 14.6. The lowest BCUT2D eigenvalue weighted by Crippen LogP contribution is -2.60. The quantitative estimate of drug-likeness (QED) is 0.496. The highest BCUT2D eigenvalue weighted by molar-refractivity contribution is 5.39. The van der Waals surface area contributed by atoms with Gasteiger partial charge in [0.1, 0.15) is 36.0 Å². The first-order chi connectivity index (χ1) is 14.7. The second-order valence-corrected chi connectivity index (χ2v) is 7.86. The van der Waals surface area contributed by atoms with Gasteiger partial charge < -0.3 is 34.6 Å². The monoisotopic (exact) mass is 440 g/mol. The van der Waals surface area contributed by atoms with E-state index in [1.54, 1.807) is 16.8 Å². The minimum Gasteiger partial charge on any atom is -0.497 e. The molecule has 1 unspecified atom stereocenters. The Morgan fingerprint density at radius 3 is 2.48 bits per heavy atom. The van der Waals surface area contributed by atoms with Crippen molar-refractivity contribution in [2.45, 2.75) is 63.9 Å². The van der Waals surface area contributed by atoms with E-state index in [0.29, 0.717) is 16.9 Å². The SMILES string of the molecule is COc1ccc(Cc2c(OC3O[C@H](CO)[C@@H](O)[C@H](O)[C@H]3O)nn(C(C)C)c2C)c(F)c1. The van der Waals surface area contributed by atoms with Gasteiger partial charge in [-0.3, -0.25) is 4.68 Å². The molecule has 1 aliphatic rings. The van der Waals surface area contributed by atoms with E-state index in [2.05, 4.69) is 5.10 Å². The second-order valence-electron chi connectivity index (χ2n) is 7.86. The summed E-state index contributed by atoms with van der Waals surface area (Å²) in [5.74, 6) is 0.0502. The van der Waals surface area contributed by atoms with E-state index in [1.807, 2.05) is 20.8 Å². The van der Waals surface area contributed by atoms with Crippen LogP contribution >= 0.6 is 0 Å². The number of rotatable bonds is 7. The first kappa shape index (κ1) is 23.4. The number of nitrogens with zero attached hydrogens (tertiary/aromatic N) is 2. The molecule has 4 N–H and O–H groups in total. The number of benzene rings is 1. The number of aromatic nitrogens is 2. The molecule has 2 aromatic rings. The lowest BCUT2D eigenvalue weighted by Gasteiger charge is -2.39. The summed E-state index contributed by atoms with van der Waals surface area (Å²) in [5.41, 5.74) is 1.71. The van der Waals surface area contributed by atoms with Crippen LogP contribution in [0.1, 0.15) is 36.7 Å². The molecule has 1 aliphatic heterocycles. The van der Waals surface area contributed by atoms with Crippen LogP contribution in [0.3, 0.4) is 0 Å². The summed E-state index contributed by atoms with van der Waals surface area (Å²) >= 11 is 0. The summed E-state index contributed by atoms with van der Waals surface area (Å²) in [4.78, 5) is 0. The molecule has 0 amide bonds. The zero-order chi connectivity index (χ0) is 22.9. The van der Waals surface area contributed by atoms with Gasteiger partial charge in [-0.1, -0.05) is 6.07 Å². The molecule has 31 heavy (non-hydrogen) atoms. The van der Waals surface area contributed by atoms with Crippen molar-refractivity contribution in [3.05, 3.63) is 40.8 Å². The first-order valence-corrected chi connectivity index (χ1v) is 10.1. The number of aliphatic hydroxyl groups is 4. The molecule has 1 fully saturated rings. The summed E-state index contributed by atoms with van der Waals surface area (Å²) in [6.45, 7) is 5.10. The van der Waals surface area contributed by atoms with Crippen LogP contribution < -0.4 is 9.47 Å². The maximum absolute atomic E-state index is 14.6. The molecule has 0 spiro atoms. The van der Waals surface area contributed by atoms with E-state index >= 15 is 0 Å². The van der Waals surface area contributed by atoms with E-state index < -0.39 is 43.1 Å². The van der Waals surface area contributed by atoms with Crippen LogP contribution in [-0.2, 0) is 11.2 Å². The molecule has 2 heterocycles. The van der Waals surface area contributed by atoms with Gasteiger partial charge in [0, 0.05) is 29.8 Å². The largest absolute Gasteiger partial charge is 0.497 e. The molecular weight excluding hydrogens is 411 g/mol. The van der Waals surface area contributed by atoms with Crippen LogP contribution in [0.25, 0.3) is 0 Å². The van der Waals surface area contributed by atoms with E-state index in [9.17, 15) is 24.8 Å². The van der Waals surface area contributed by atoms with Gasteiger partial charge in [0.15, 0.2) is 0 Å². The normalized spacial score (nSPS) is 26.3. The molecule has 0 aliphatic carbocycles. The summed E-state index contributed by atoms with van der Waals surface area (Å²) in [6.07, 6.45) is -6.99. The van der Waals surface area contributed by atoms with Crippen molar-refractivity contribution < 1.29 is 39.0 Å². The Balaban J connectivity index is 1.94. The fraction of sp³-hybridized carbons (Fsp3) is 0.571. The van der Waals surface area contributed by atoms with Crippen molar-refractivity contribution in [3.63, 3.8) is 0 Å². The minimum absolute atomic E-state index is 0.0217. The van der Waals surface area contributed by atoms with Crippen molar-refractivity contribution in [3.8, 4) is 11.6 Å². The molecule has 10 heteroatoms. The second kappa shape index (κ2) is 9.49. The number of hydrogen-bond donors (Lipinski definition) is 4. The third-order valence-electron chi connectivity index (χ3n) is 5.43. The molecular formula is C21H29FN2O7. The Bertz CT molecular complexity index is 902. The molecule has 3 rings (SSSR count). The smallest absolute Gasteiger partial charge is 0.239 e. The average Bonchev–Trinajstić information content (AvgIpc) is 3.05. The van der Waals surface area contributed by atoms with Gasteiger partial charge in [0.25, 0.3) is 0 Å². The van der Waals surface area contributed by atoms with Crippen LogP contribution in [0.5, 0.6) is 11.6 Å². The molecule has 172 valence electrons. The van der Waals surface area contributed by atoms with Crippen molar-refractivity contribution >= 4 is 0 Å². The van der Waals surface area contributed by atoms with Crippen LogP contribution in [0.2, 0.25) is 0 Å². The Hall–Kier alpha value is -2.24. The van der Waals surface area contributed by atoms with Crippen molar-refractivity contribution in [2.24, 2.45) is 0 Å². The molecule has 0 radical (unpaired) electrons. The molecule has 5 atom stereocenters. The average molecular weight is 440 g/mol. The van der Waals surface area contributed by atoms with Gasteiger partial charge in [-0.25, -0.2) is 4.39 Å². The molecule has 1 aromatic carbocycles. The Kier molecular flexibility index (Phi) is 7.17. The van der Waals surface area contributed by atoms with Crippen molar-refractivity contribution in [1.82, 2.24) is 9.78 Å². The number of ether oxygens (including phenoxy) is 3. The van der Waals surface area contributed by atoms with Crippen molar-refractivity contribution in [1.29, 1.82) is 0 Å². The van der Waals surface area contributed by atoms with Gasteiger partial charge in [0.05, 0.1) is 13.7 Å². The molecule has 0 saturated carbocycles. The van der Waals surface area contributed by atoms with Gasteiger partial charge in [-0.15, -0.1) is 5.10 Å². The summed E-state index contributed by atoms with van der Waals surface area (Å²) in [6, 6.07) is 4.53. The number of methoxy groups -OCH3 is 1. The molecule has 1 aromatic heterocycles. The number of hydrogen-bond acceptors (Lipinski definition) is 8. The maximum Gasteiger partial charge on any atom is 0.239 e. The predicted molar refractivity (Wildman–Crippen MR) is 108 cm³/mol. The summed E-state index contributed by atoms with van der Waals surface area (Å²) < 4.78 is 32.5.